The molecule has 0 bridgehead atoms. The van der Waals surface area contributed by atoms with Gasteiger partial charge in [-0.1, -0.05) is 13.0 Å². The average molecular weight is 158 g/mol. The van der Waals surface area contributed by atoms with E-state index in [4.69, 9.17) is 9.47 Å². The highest BCUT2D eigenvalue weighted by molar-refractivity contribution is 4.93. The monoisotopic (exact) mass is 158 g/mol. The molecule has 11 heavy (non-hydrogen) atoms. The SMILES string of the molecule is C=CC(O)C1(C)COCOC1. The van der Waals surface area contributed by atoms with Gasteiger partial charge in [-0.05, 0) is 0 Å². The number of rotatable bonds is 2. The molecule has 1 aliphatic heterocycles. The number of aliphatic hydroxyl groups is 1. The van der Waals surface area contributed by atoms with E-state index >= 15 is 0 Å². The van der Waals surface area contributed by atoms with Crippen molar-refractivity contribution in [2.45, 2.75) is 13.0 Å². The number of ether oxygens (including phenoxy) is 2. The molecule has 1 atom stereocenters. The molecule has 0 aliphatic carbocycles. The van der Waals surface area contributed by atoms with Gasteiger partial charge >= 0.3 is 0 Å². The lowest BCUT2D eigenvalue weighted by atomic mass is 9.85. The molecule has 0 aromatic carbocycles. The van der Waals surface area contributed by atoms with Crippen LogP contribution in [0.3, 0.4) is 0 Å². The van der Waals surface area contributed by atoms with Gasteiger partial charge in [-0.25, -0.2) is 0 Å². The van der Waals surface area contributed by atoms with Crippen molar-refractivity contribution >= 4 is 0 Å². The van der Waals surface area contributed by atoms with Crippen LogP contribution in [0.15, 0.2) is 12.7 Å². The third-order valence-corrected chi connectivity index (χ3v) is 1.97. The normalized spacial score (nSPS) is 26.0. The molecule has 64 valence electrons. The van der Waals surface area contributed by atoms with Gasteiger partial charge in [0.1, 0.15) is 6.79 Å². The van der Waals surface area contributed by atoms with E-state index < -0.39 is 6.10 Å². The summed E-state index contributed by atoms with van der Waals surface area (Å²) in [6, 6.07) is 0. The van der Waals surface area contributed by atoms with E-state index in [1.54, 1.807) is 0 Å². The fourth-order valence-corrected chi connectivity index (χ4v) is 1.11. The van der Waals surface area contributed by atoms with Gasteiger partial charge in [0.2, 0.25) is 0 Å². The van der Waals surface area contributed by atoms with Crippen molar-refractivity contribution < 1.29 is 14.6 Å². The minimum Gasteiger partial charge on any atom is -0.388 e. The Hall–Kier alpha value is -0.380. The van der Waals surface area contributed by atoms with E-state index in [1.165, 1.54) is 6.08 Å². The van der Waals surface area contributed by atoms with Crippen LogP contribution in [0.25, 0.3) is 0 Å². The van der Waals surface area contributed by atoms with Gasteiger partial charge in [-0.3, -0.25) is 0 Å². The summed E-state index contributed by atoms with van der Waals surface area (Å²) >= 11 is 0. The van der Waals surface area contributed by atoms with E-state index in [2.05, 4.69) is 6.58 Å². The van der Waals surface area contributed by atoms with Gasteiger partial charge in [0.15, 0.2) is 0 Å². The van der Waals surface area contributed by atoms with Crippen LogP contribution in [0.2, 0.25) is 0 Å². The summed E-state index contributed by atoms with van der Waals surface area (Å²) in [5, 5.41) is 9.46. The molecule has 1 saturated heterocycles. The summed E-state index contributed by atoms with van der Waals surface area (Å²) in [6.45, 7) is 6.82. The Morgan fingerprint density at radius 3 is 2.55 bits per heavy atom. The van der Waals surface area contributed by atoms with Crippen molar-refractivity contribution in [3.05, 3.63) is 12.7 Å². The molecule has 1 heterocycles. The zero-order chi connectivity index (χ0) is 8.32. The first-order valence-electron chi connectivity index (χ1n) is 3.65. The molecule has 0 aromatic heterocycles. The van der Waals surface area contributed by atoms with Crippen molar-refractivity contribution in [2.75, 3.05) is 20.0 Å². The maximum atomic E-state index is 9.46. The van der Waals surface area contributed by atoms with Crippen LogP contribution in [0.5, 0.6) is 0 Å². The minimum atomic E-state index is -0.553. The Labute approximate surface area is 66.6 Å². The molecular formula is C8H14O3. The molecule has 0 radical (unpaired) electrons. The topological polar surface area (TPSA) is 38.7 Å². The molecule has 0 saturated carbocycles. The van der Waals surface area contributed by atoms with Crippen LogP contribution in [0, 0.1) is 5.41 Å². The summed E-state index contributed by atoms with van der Waals surface area (Å²) < 4.78 is 10.2. The number of hydrogen-bond donors (Lipinski definition) is 1. The Morgan fingerprint density at radius 2 is 2.09 bits per heavy atom. The van der Waals surface area contributed by atoms with Gasteiger partial charge < -0.3 is 14.6 Å². The zero-order valence-electron chi connectivity index (χ0n) is 6.75. The zero-order valence-corrected chi connectivity index (χ0v) is 6.75. The van der Waals surface area contributed by atoms with Crippen molar-refractivity contribution in [3.8, 4) is 0 Å². The van der Waals surface area contributed by atoms with Crippen LogP contribution in [-0.4, -0.2) is 31.2 Å². The summed E-state index contributed by atoms with van der Waals surface area (Å²) in [5.41, 5.74) is -0.319. The smallest absolute Gasteiger partial charge is 0.146 e. The molecule has 1 aliphatic rings. The maximum absolute atomic E-state index is 9.46. The number of aliphatic hydroxyl groups excluding tert-OH is 1. The Morgan fingerprint density at radius 1 is 1.55 bits per heavy atom. The van der Waals surface area contributed by atoms with Gasteiger partial charge in [0.05, 0.1) is 19.3 Å². The van der Waals surface area contributed by atoms with Crippen molar-refractivity contribution in [3.63, 3.8) is 0 Å². The van der Waals surface area contributed by atoms with E-state index in [0.29, 0.717) is 20.0 Å². The highest BCUT2D eigenvalue weighted by atomic mass is 16.7. The van der Waals surface area contributed by atoms with Crippen molar-refractivity contribution in [2.24, 2.45) is 5.41 Å². The van der Waals surface area contributed by atoms with Gasteiger partial charge in [0, 0.05) is 5.41 Å². The minimum absolute atomic E-state index is 0.319. The molecule has 0 spiro atoms. The van der Waals surface area contributed by atoms with E-state index in [-0.39, 0.29) is 5.41 Å². The third kappa shape index (κ3) is 1.80. The molecule has 1 unspecified atom stereocenters. The third-order valence-electron chi connectivity index (χ3n) is 1.97. The fourth-order valence-electron chi connectivity index (χ4n) is 1.11. The fraction of sp³-hybridized carbons (Fsp3) is 0.750. The van der Waals surface area contributed by atoms with Gasteiger partial charge in [-0.15, -0.1) is 6.58 Å². The summed E-state index contributed by atoms with van der Waals surface area (Å²) in [4.78, 5) is 0. The van der Waals surface area contributed by atoms with Crippen LogP contribution < -0.4 is 0 Å². The predicted molar refractivity (Wildman–Crippen MR) is 41.1 cm³/mol. The quantitative estimate of drug-likeness (QED) is 0.596. The molecule has 0 amide bonds. The molecule has 1 rings (SSSR count). The van der Waals surface area contributed by atoms with Gasteiger partial charge in [0.25, 0.3) is 0 Å². The van der Waals surface area contributed by atoms with Gasteiger partial charge in [-0.2, -0.15) is 0 Å². The molecule has 1 fully saturated rings. The lowest BCUT2D eigenvalue weighted by molar-refractivity contribution is -0.181. The summed E-state index contributed by atoms with van der Waals surface area (Å²) in [5.74, 6) is 0. The molecule has 1 N–H and O–H groups in total. The molecular weight excluding hydrogens is 144 g/mol. The molecule has 0 aromatic rings. The maximum Gasteiger partial charge on any atom is 0.146 e. The van der Waals surface area contributed by atoms with E-state index in [9.17, 15) is 5.11 Å². The van der Waals surface area contributed by atoms with Crippen LogP contribution in [0.4, 0.5) is 0 Å². The van der Waals surface area contributed by atoms with Crippen molar-refractivity contribution in [1.29, 1.82) is 0 Å². The first-order valence-corrected chi connectivity index (χ1v) is 3.65. The van der Waals surface area contributed by atoms with Crippen LogP contribution in [-0.2, 0) is 9.47 Å². The summed E-state index contributed by atoms with van der Waals surface area (Å²) in [7, 11) is 0. The van der Waals surface area contributed by atoms with Crippen molar-refractivity contribution in [1.82, 2.24) is 0 Å². The second kappa shape index (κ2) is 3.34. The highest BCUT2D eigenvalue weighted by Crippen LogP contribution is 2.26. The lowest BCUT2D eigenvalue weighted by Crippen LogP contribution is -2.43. The highest BCUT2D eigenvalue weighted by Gasteiger charge is 2.34. The second-order valence-electron chi connectivity index (χ2n) is 3.15. The van der Waals surface area contributed by atoms with E-state index in [0.717, 1.165) is 0 Å². The lowest BCUT2D eigenvalue weighted by Gasteiger charge is -2.35. The largest absolute Gasteiger partial charge is 0.388 e. The predicted octanol–water partition coefficient (Wildman–Crippen LogP) is 0.544. The Bertz CT molecular complexity index is 138. The van der Waals surface area contributed by atoms with Crippen LogP contribution >= 0.6 is 0 Å². The van der Waals surface area contributed by atoms with Crippen LogP contribution in [0.1, 0.15) is 6.92 Å². The average Bonchev–Trinajstić information content (AvgIpc) is 2.04. The summed E-state index contributed by atoms with van der Waals surface area (Å²) in [6.07, 6.45) is 0.959. The standard InChI is InChI=1S/C8H14O3/c1-3-7(9)8(2)4-10-6-11-5-8/h3,7,9H,1,4-6H2,2H3. The molecule has 3 heteroatoms. The first-order chi connectivity index (χ1) is 5.19. The Kier molecular flexibility index (Phi) is 2.65. The second-order valence-corrected chi connectivity index (χ2v) is 3.15. The molecule has 3 nitrogen and oxygen atoms in total. The number of hydrogen-bond acceptors (Lipinski definition) is 3. The van der Waals surface area contributed by atoms with E-state index in [1.807, 2.05) is 6.92 Å². The first kappa shape index (κ1) is 8.71. The Balaban J connectivity index is 2.55.